The molecule has 0 spiro atoms. The van der Waals surface area contributed by atoms with Crippen molar-refractivity contribution in [1.82, 2.24) is 19.8 Å². The zero-order valence-corrected chi connectivity index (χ0v) is 18.3. The van der Waals surface area contributed by atoms with Crippen molar-refractivity contribution in [2.24, 2.45) is 0 Å². The molecule has 2 heterocycles. The maximum absolute atomic E-state index is 12.6. The molecule has 0 aliphatic carbocycles. The van der Waals surface area contributed by atoms with E-state index in [9.17, 15) is 4.79 Å². The molecule has 0 radical (unpaired) electrons. The summed E-state index contributed by atoms with van der Waals surface area (Å²) in [7, 11) is 2.17. The minimum absolute atomic E-state index is 0.0414. The molecule has 158 valence electrons. The van der Waals surface area contributed by atoms with Crippen molar-refractivity contribution in [2.45, 2.75) is 46.6 Å². The number of nitrogens with one attached hydrogen (secondary N) is 1. The van der Waals surface area contributed by atoms with Crippen LogP contribution in [0.1, 0.15) is 44.0 Å². The van der Waals surface area contributed by atoms with Crippen molar-refractivity contribution in [1.29, 1.82) is 0 Å². The fraction of sp³-hybridized carbons (Fsp3) is 0.565. The van der Waals surface area contributed by atoms with Gasteiger partial charge in [0.2, 0.25) is 0 Å². The van der Waals surface area contributed by atoms with Crippen molar-refractivity contribution >= 4 is 0 Å². The Morgan fingerprint density at radius 1 is 1.10 bits per heavy atom. The van der Waals surface area contributed by atoms with Crippen molar-refractivity contribution in [3.63, 3.8) is 0 Å². The number of rotatable bonds is 8. The number of aromatic amines is 1. The summed E-state index contributed by atoms with van der Waals surface area (Å²) in [6.45, 7) is 12.0. The van der Waals surface area contributed by atoms with Crippen molar-refractivity contribution in [3.8, 4) is 17.1 Å². The minimum Gasteiger partial charge on any atom is -0.493 e. The highest BCUT2D eigenvalue weighted by Crippen LogP contribution is 2.29. The molecule has 1 N–H and O–H groups in total. The molecule has 3 rings (SSSR count). The van der Waals surface area contributed by atoms with Crippen LogP contribution in [-0.4, -0.2) is 59.6 Å². The Bertz CT molecular complexity index is 870. The molecule has 1 aliphatic rings. The standard InChI is InChI=1S/C23H34N4O2/c1-5-14-29-21-9-8-17(16-27-12-10-26(4)11-13-27)15-19(21)22-24-20(7-3)18(6-2)23(28)25-22/h8-9,15H,5-7,10-14,16H2,1-4H3,(H,24,25,28). The second-order valence-electron chi connectivity index (χ2n) is 7.81. The Labute approximate surface area is 173 Å². The van der Waals surface area contributed by atoms with E-state index < -0.39 is 0 Å². The number of aromatic nitrogens is 2. The van der Waals surface area contributed by atoms with E-state index in [1.165, 1.54) is 5.56 Å². The van der Waals surface area contributed by atoms with Crippen molar-refractivity contribution in [2.75, 3.05) is 39.8 Å². The molecule has 0 bridgehead atoms. The molecule has 1 aromatic carbocycles. The number of hydrogen-bond acceptors (Lipinski definition) is 5. The van der Waals surface area contributed by atoms with Gasteiger partial charge in [-0.25, -0.2) is 4.98 Å². The largest absolute Gasteiger partial charge is 0.493 e. The van der Waals surface area contributed by atoms with Gasteiger partial charge < -0.3 is 14.6 Å². The molecule has 1 fully saturated rings. The summed E-state index contributed by atoms with van der Waals surface area (Å²) in [5.41, 5.74) is 3.70. The molecule has 0 amide bonds. The number of piperazine rings is 1. The second kappa shape index (κ2) is 10.0. The summed E-state index contributed by atoms with van der Waals surface area (Å²) in [6.07, 6.45) is 2.36. The van der Waals surface area contributed by atoms with E-state index >= 15 is 0 Å². The van der Waals surface area contributed by atoms with E-state index in [-0.39, 0.29) is 5.56 Å². The van der Waals surface area contributed by atoms with Crippen LogP contribution < -0.4 is 10.3 Å². The Hall–Kier alpha value is -2.18. The molecule has 1 saturated heterocycles. The fourth-order valence-electron chi connectivity index (χ4n) is 3.79. The van der Waals surface area contributed by atoms with Gasteiger partial charge in [-0.1, -0.05) is 26.8 Å². The maximum Gasteiger partial charge on any atom is 0.254 e. The van der Waals surface area contributed by atoms with Crippen molar-refractivity contribution < 1.29 is 4.74 Å². The van der Waals surface area contributed by atoms with Crippen LogP contribution >= 0.6 is 0 Å². The zero-order chi connectivity index (χ0) is 20.8. The molecule has 0 saturated carbocycles. The summed E-state index contributed by atoms with van der Waals surface area (Å²) >= 11 is 0. The number of hydrogen-bond donors (Lipinski definition) is 1. The van der Waals surface area contributed by atoms with Crippen LogP contribution in [0.3, 0.4) is 0 Å². The van der Waals surface area contributed by atoms with E-state index in [1.54, 1.807) is 0 Å². The Morgan fingerprint density at radius 2 is 1.86 bits per heavy atom. The van der Waals surface area contributed by atoms with Gasteiger partial charge in [-0.3, -0.25) is 9.69 Å². The van der Waals surface area contributed by atoms with Crippen LogP contribution in [0.5, 0.6) is 5.75 Å². The third-order valence-electron chi connectivity index (χ3n) is 5.55. The number of aryl methyl sites for hydroxylation is 1. The molecular formula is C23H34N4O2. The summed E-state index contributed by atoms with van der Waals surface area (Å²) < 4.78 is 5.99. The third-order valence-corrected chi connectivity index (χ3v) is 5.55. The predicted molar refractivity (Wildman–Crippen MR) is 118 cm³/mol. The van der Waals surface area contributed by atoms with Gasteiger partial charge in [-0.15, -0.1) is 0 Å². The quantitative estimate of drug-likeness (QED) is 0.740. The van der Waals surface area contributed by atoms with Gasteiger partial charge in [0.05, 0.1) is 17.9 Å². The molecular weight excluding hydrogens is 364 g/mol. The summed E-state index contributed by atoms with van der Waals surface area (Å²) in [5.74, 6) is 1.39. The lowest BCUT2D eigenvalue weighted by molar-refractivity contribution is 0.148. The van der Waals surface area contributed by atoms with Crippen molar-refractivity contribution in [3.05, 3.63) is 45.4 Å². The van der Waals surface area contributed by atoms with E-state index in [0.717, 1.165) is 68.1 Å². The zero-order valence-electron chi connectivity index (χ0n) is 18.3. The van der Waals surface area contributed by atoms with Gasteiger partial charge >= 0.3 is 0 Å². The Morgan fingerprint density at radius 3 is 2.52 bits per heavy atom. The van der Waals surface area contributed by atoms with E-state index in [4.69, 9.17) is 9.72 Å². The fourth-order valence-corrected chi connectivity index (χ4v) is 3.79. The molecule has 0 unspecified atom stereocenters. The molecule has 2 aromatic rings. The predicted octanol–water partition coefficient (Wildman–Crippen LogP) is 3.10. The van der Waals surface area contributed by atoms with Gasteiger partial charge in [0, 0.05) is 38.3 Å². The average molecular weight is 399 g/mol. The Kier molecular flexibility index (Phi) is 7.45. The molecule has 6 nitrogen and oxygen atoms in total. The summed E-state index contributed by atoms with van der Waals surface area (Å²) in [4.78, 5) is 25.3. The SMILES string of the molecule is CCCOc1ccc(CN2CCN(C)CC2)cc1-c1nc(CC)c(CC)c(=O)[nH]1. The maximum atomic E-state index is 12.6. The first kappa shape index (κ1) is 21.5. The van der Waals surface area contributed by atoms with Crippen LogP contribution in [-0.2, 0) is 19.4 Å². The summed E-state index contributed by atoms with van der Waals surface area (Å²) in [5, 5.41) is 0. The van der Waals surface area contributed by atoms with Gasteiger partial charge in [-0.2, -0.15) is 0 Å². The minimum atomic E-state index is -0.0414. The lowest BCUT2D eigenvalue weighted by atomic mass is 10.1. The normalized spacial score (nSPS) is 15.6. The van der Waals surface area contributed by atoms with Crippen LogP contribution in [0.2, 0.25) is 0 Å². The topological polar surface area (TPSA) is 61.5 Å². The molecule has 1 aliphatic heterocycles. The van der Waals surface area contributed by atoms with Gasteiger partial charge in [-0.05, 0) is 44.0 Å². The first-order chi connectivity index (χ1) is 14.0. The number of H-pyrrole nitrogens is 1. The van der Waals surface area contributed by atoms with E-state index in [2.05, 4.69) is 40.9 Å². The number of nitrogens with zero attached hydrogens (tertiary/aromatic N) is 3. The monoisotopic (exact) mass is 398 g/mol. The van der Waals surface area contributed by atoms with Crippen LogP contribution in [0.15, 0.2) is 23.0 Å². The molecule has 29 heavy (non-hydrogen) atoms. The molecule has 0 atom stereocenters. The molecule has 1 aromatic heterocycles. The number of benzene rings is 1. The van der Waals surface area contributed by atoms with E-state index in [1.807, 2.05) is 19.9 Å². The second-order valence-corrected chi connectivity index (χ2v) is 7.81. The van der Waals surface area contributed by atoms with Gasteiger partial charge in [0.1, 0.15) is 11.6 Å². The first-order valence-corrected chi connectivity index (χ1v) is 10.8. The lowest BCUT2D eigenvalue weighted by Gasteiger charge is -2.32. The average Bonchev–Trinajstić information content (AvgIpc) is 2.73. The number of likely N-dealkylation sites (N-methyl/N-ethyl adjacent to an activating group) is 1. The number of ether oxygens (including phenoxy) is 1. The highest BCUT2D eigenvalue weighted by Gasteiger charge is 2.17. The molecule has 6 heteroatoms. The van der Waals surface area contributed by atoms with E-state index in [0.29, 0.717) is 18.9 Å². The summed E-state index contributed by atoms with van der Waals surface area (Å²) in [6, 6.07) is 6.29. The van der Waals surface area contributed by atoms with Crippen LogP contribution in [0.4, 0.5) is 0 Å². The van der Waals surface area contributed by atoms with Crippen LogP contribution in [0.25, 0.3) is 11.4 Å². The van der Waals surface area contributed by atoms with Gasteiger partial charge in [0.15, 0.2) is 0 Å². The Balaban J connectivity index is 1.96. The van der Waals surface area contributed by atoms with Crippen LogP contribution in [0, 0.1) is 0 Å². The third kappa shape index (κ3) is 5.25. The lowest BCUT2D eigenvalue weighted by Crippen LogP contribution is -2.43. The highest BCUT2D eigenvalue weighted by molar-refractivity contribution is 5.65. The smallest absolute Gasteiger partial charge is 0.254 e. The van der Waals surface area contributed by atoms with Gasteiger partial charge in [0.25, 0.3) is 5.56 Å². The highest BCUT2D eigenvalue weighted by atomic mass is 16.5. The first-order valence-electron chi connectivity index (χ1n) is 10.8.